The third kappa shape index (κ3) is 1.76. The molecule has 0 aliphatic carbocycles. The number of thiophene rings is 1. The molecular formula is C19H17NS. The van der Waals surface area contributed by atoms with E-state index in [0.717, 1.165) is 6.54 Å². The minimum atomic E-state index is 1.00. The minimum absolute atomic E-state index is 1.00. The summed E-state index contributed by atoms with van der Waals surface area (Å²) in [5.41, 5.74) is 5.42. The van der Waals surface area contributed by atoms with Crippen molar-refractivity contribution in [2.45, 2.75) is 20.4 Å². The van der Waals surface area contributed by atoms with Gasteiger partial charge in [-0.05, 0) is 48.6 Å². The number of nitrogens with zero attached hydrogens (tertiary/aromatic N) is 1. The average Bonchev–Trinajstić information content (AvgIpc) is 3.13. The molecule has 104 valence electrons. The van der Waals surface area contributed by atoms with Crippen LogP contribution in [0.2, 0.25) is 0 Å². The summed E-state index contributed by atoms with van der Waals surface area (Å²) in [7, 11) is 0. The van der Waals surface area contributed by atoms with Crippen LogP contribution in [0.5, 0.6) is 0 Å². The molecule has 0 aliphatic rings. The molecule has 2 heteroatoms. The molecule has 4 aromatic rings. The van der Waals surface area contributed by atoms with Gasteiger partial charge in [0.05, 0.1) is 0 Å². The fourth-order valence-corrected chi connectivity index (χ4v) is 4.16. The lowest BCUT2D eigenvalue weighted by Gasteiger charge is -2.07. The van der Waals surface area contributed by atoms with E-state index in [9.17, 15) is 0 Å². The van der Waals surface area contributed by atoms with Crippen molar-refractivity contribution in [1.29, 1.82) is 0 Å². The van der Waals surface area contributed by atoms with Gasteiger partial charge in [-0.2, -0.15) is 0 Å². The summed E-state index contributed by atoms with van der Waals surface area (Å²) < 4.78 is 2.41. The monoisotopic (exact) mass is 291 g/mol. The molecule has 0 spiro atoms. The third-order valence-corrected chi connectivity index (χ3v) is 5.20. The predicted molar refractivity (Wildman–Crippen MR) is 93.2 cm³/mol. The van der Waals surface area contributed by atoms with Crippen molar-refractivity contribution in [2.75, 3.05) is 0 Å². The van der Waals surface area contributed by atoms with Gasteiger partial charge < -0.3 is 4.57 Å². The Kier molecular flexibility index (Phi) is 2.86. The SMILES string of the molecule is CCn1c2ccccc2c2c(C)c(-c3cccs3)ccc21. The molecule has 0 fully saturated rings. The summed E-state index contributed by atoms with van der Waals surface area (Å²) >= 11 is 1.81. The molecule has 0 saturated carbocycles. The van der Waals surface area contributed by atoms with E-state index in [1.165, 1.54) is 37.8 Å². The van der Waals surface area contributed by atoms with Gasteiger partial charge in [-0.25, -0.2) is 0 Å². The van der Waals surface area contributed by atoms with Crippen molar-refractivity contribution in [3.05, 3.63) is 59.5 Å². The predicted octanol–water partition coefficient (Wildman–Crippen LogP) is 5.85. The first-order valence-corrected chi connectivity index (χ1v) is 8.23. The highest BCUT2D eigenvalue weighted by Gasteiger charge is 2.14. The number of benzene rings is 2. The number of aryl methyl sites for hydroxylation is 2. The molecule has 21 heavy (non-hydrogen) atoms. The third-order valence-electron chi connectivity index (χ3n) is 4.30. The van der Waals surface area contributed by atoms with Gasteiger partial charge in [-0.1, -0.05) is 30.3 Å². The lowest BCUT2D eigenvalue weighted by Crippen LogP contribution is -1.93. The largest absolute Gasteiger partial charge is 0.341 e. The molecule has 0 atom stereocenters. The second kappa shape index (κ2) is 4.74. The van der Waals surface area contributed by atoms with E-state index in [2.05, 4.69) is 72.3 Å². The maximum absolute atomic E-state index is 2.41. The first-order valence-electron chi connectivity index (χ1n) is 7.35. The Morgan fingerprint density at radius 2 is 1.81 bits per heavy atom. The number of fused-ring (bicyclic) bond motifs is 3. The van der Waals surface area contributed by atoms with E-state index in [0.29, 0.717) is 0 Å². The highest BCUT2D eigenvalue weighted by Crippen LogP contribution is 2.37. The minimum Gasteiger partial charge on any atom is -0.341 e. The van der Waals surface area contributed by atoms with Crippen LogP contribution in [0.1, 0.15) is 12.5 Å². The van der Waals surface area contributed by atoms with Crippen LogP contribution in [-0.2, 0) is 6.54 Å². The maximum Gasteiger partial charge on any atom is 0.0494 e. The Morgan fingerprint density at radius 3 is 2.57 bits per heavy atom. The molecule has 0 saturated heterocycles. The fourth-order valence-electron chi connectivity index (χ4n) is 3.35. The Bertz CT molecular complexity index is 929. The fraction of sp³-hybridized carbons (Fsp3) is 0.158. The van der Waals surface area contributed by atoms with Crippen LogP contribution in [0.15, 0.2) is 53.9 Å². The second-order valence-electron chi connectivity index (χ2n) is 5.37. The first-order chi connectivity index (χ1) is 10.3. The molecule has 0 aliphatic heterocycles. The molecule has 0 unspecified atom stereocenters. The zero-order valence-corrected chi connectivity index (χ0v) is 13.1. The van der Waals surface area contributed by atoms with Crippen LogP contribution in [0.3, 0.4) is 0 Å². The molecule has 2 aromatic carbocycles. The van der Waals surface area contributed by atoms with Gasteiger partial charge in [0.15, 0.2) is 0 Å². The molecule has 4 rings (SSSR count). The normalized spacial score (nSPS) is 11.5. The van der Waals surface area contributed by atoms with Crippen LogP contribution in [-0.4, -0.2) is 4.57 Å². The van der Waals surface area contributed by atoms with Crippen LogP contribution in [0.25, 0.3) is 32.2 Å². The molecule has 2 heterocycles. The number of hydrogen-bond acceptors (Lipinski definition) is 1. The summed E-state index contributed by atoms with van der Waals surface area (Å²) in [6.45, 7) is 5.47. The summed E-state index contributed by atoms with van der Waals surface area (Å²) in [5, 5.41) is 4.91. The van der Waals surface area contributed by atoms with Gasteiger partial charge in [-0.3, -0.25) is 0 Å². The zero-order chi connectivity index (χ0) is 14.4. The van der Waals surface area contributed by atoms with Gasteiger partial charge in [0.2, 0.25) is 0 Å². The number of hydrogen-bond donors (Lipinski definition) is 0. The Hall–Kier alpha value is -2.06. The number of aromatic nitrogens is 1. The van der Waals surface area contributed by atoms with E-state index in [1.54, 1.807) is 0 Å². The van der Waals surface area contributed by atoms with E-state index in [-0.39, 0.29) is 0 Å². The van der Waals surface area contributed by atoms with Gasteiger partial charge in [0.1, 0.15) is 0 Å². The van der Waals surface area contributed by atoms with Crippen molar-refractivity contribution in [1.82, 2.24) is 4.57 Å². The van der Waals surface area contributed by atoms with E-state index < -0.39 is 0 Å². The summed E-state index contributed by atoms with van der Waals surface area (Å²) in [6, 6.07) is 17.6. The van der Waals surface area contributed by atoms with Crippen LogP contribution < -0.4 is 0 Å². The van der Waals surface area contributed by atoms with Crippen molar-refractivity contribution < 1.29 is 0 Å². The van der Waals surface area contributed by atoms with Crippen molar-refractivity contribution in [3.8, 4) is 10.4 Å². The van der Waals surface area contributed by atoms with E-state index >= 15 is 0 Å². The highest BCUT2D eigenvalue weighted by atomic mass is 32.1. The number of rotatable bonds is 2. The molecule has 0 amide bonds. The summed E-state index contributed by atoms with van der Waals surface area (Å²) in [6.07, 6.45) is 0. The molecule has 0 radical (unpaired) electrons. The maximum atomic E-state index is 2.41. The Balaban J connectivity index is 2.17. The van der Waals surface area contributed by atoms with E-state index in [1.807, 2.05) is 11.3 Å². The molecular weight excluding hydrogens is 274 g/mol. The van der Waals surface area contributed by atoms with Gasteiger partial charge >= 0.3 is 0 Å². The molecule has 1 nitrogen and oxygen atoms in total. The Morgan fingerprint density at radius 1 is 0.952 bits per heavy atom. The average molecular weight is 291 g/mol. The second-order valence-corrected chi connectivity index (χ2v) is 6.32. The van der Waals surface area contributed by atoms with Crippen LogP contribution in [0, 0.1) is 6.92 Å². The molecule has 0 N–H and O–H groups in total. The van der Waals surface area contributed by atoms with Gasteiger partial charge in [0.25, 0.3) is 0 Å². The molecule has 2 aromatic heterocycles. The van der Waals surface area contributed by atoms with Crippen molar-refractivity contribution in [3.63, 3.8) is 0 Å². The Labute approximate surface area is 128 Å². The van der Waals surface area contributed by atoms with Crippen molar-refractivity contribution >= 4 is 33.1 Å². The topological polar surface area (TPSA) is 4.93 Å². The highest BCUT2D eigenvalue weighted by molar-refractivity contribution is 7.13. The van der Waals surface area contributed by atoms with Crippen molar-refractivity contribution in [2.24, 2.45) is 0 Å². The van der Waals surface area contributed by atoms with Gasteiger partial charge in [-0.15, -0.1) is 11.3 Å². The first kappa shape index (κ1) is 12.7. The van der Waals surface area contributed by atoms with Crippen LogP contribution in [0.4, 0.5) is 0 Å². The lowest BCUT2D eigenvalue weighted by atomic mass is 10.0. The quantitative estimate of drug-likeness (QED) is 0.436. The summed E-state index contributed by atoms with van der Waals surface area (Å²) in [5.74, 6) is 0. The molecule has 0 bridgehead atoms. The van der Waals surface area contributed by atoms with Crippen LogP contribution >= 0.6 is 11.3 Å². The van der Waals surface area contributed by atoms with E-state index in [4.69, 9.17) is 0 Å². The smallest absolute Gasteiger partial charge is 0.0494 e. The number of para-hydroxylation sites is 1. The summed E-state index contributed by atoms with van der Waals surface area (Å²) in [4.78, 5) is 1.35. The lowest BCUT2D eigenvalue weighted by molar-refractivity contribution is 0.827. The van der Waals surface area contributed by atoms with Gasteiger partial charge in [0, 0.05) is 33.2 Å². The zero-order valence-electron chi connectivity index (χ0n) is 12.3. The standard InChI is InChI=1S/C19H17NS/c1-3-20-16-8-5-4-7-15(16)19-13(2)14(10-11-17(19)20)18-9-6-12-21-18/h4-12H,3H2,1-2H3.